The summed E-state index contributed by atoms with van der Waals surface area (Å²) >= 11 is 0. The van der Waals surface area contributed by atoms with E-state index in [0.717, 1.165) is 4.31 Å². The normalized spacial score (nSPS) is 13.6. The topological polar surface area (TPSA) is 132 Å². The lowest BCUT2D eigenvalue weighted by atomic mass is 10.3. The average molecular weight is 506 g/mol. The number of morpholine rings is 1. The van der Waals surface area contributed by atoms with Crippen molar-refractivity contribution in [1.82, 2.24) is 4.90 Å². The molecule has 188 valence electrons. The molecular formula is C23H27N3O8S. The molecule has 3 rings (SSSR count). The predicted octanol–water partition coefficient (Wildman–Crippen LogP) is 1.25. The Morgan fingerprint density at radius 3 is 2.23 bits per heavy atom. The van der Waals surface area contributed by atoms with Crippen LogP contribution in [-0.2, 0) is 33.9 Å². The molecule has 2 aromatic rings. The van der Waals surface area contributed by atoms with Crippen molar-refractivity contribution in [3.8, 4) is 5.75 Å². The van der Waals surface area contributed by atoms with Gasteiger partial charge in [0, 0.05) is 32.7 Å². The molecule has 0 aromatic heterocycles. The van der Waals surface area contributed by atoms with Gasteiger partial charge in [0.25, 0.3) is 15.9 Å². The van der Waals surface area contributed by atoms with Crippen molar-refractivity contribution in [1.29, 1.82) is 0 Å². The first-order chi connectivity index (χ1) is 16.7. The van der Waals surface area contributed by atoms with Crippen molar-refractivity contribution >= 4 is 39.2 Å². The van der Waals surface area contributed by atoms with E-state index in [1.165, 1.54) is 62.5 Å². The van der Waals surface area contributed by atoms with Gasteiger partial charge in [0.2, 0.25) is 5.91 Å². The number of benzene rings is 2. The molecule has 12 heteroatoms. The lowest BCUT2D eigenvalue weighted by molar-refractivity contribution is -0.155. The Morgan fingerprint density at radius 2 is 1.63 bits per heavy atom. The summed E-state index contributed by atoms with van der Waals surface area (Å²) in [6, 6.07) is 11.9. The van der Waals surface area contributed by atoms with Gasteiger partial charge in [-0.25, -0.2) is 13.2 Å². The van der Waals surface area contributed by atoms with Gasteiger partial charge in [0.05, 0.1) is 23.8 Å². The highest BCUT2D eigenvalue weighted by molar-refractivity contribution is 7.92. The van der Waals surface area contributed by atoms with Gasteiger partial charge < -0.3 is 24.4 Å². The Bertz CT molecular complexity index is 1140. The van der Waals surface area contributed by atoms with Gasteiger partial charge >= 0.3 is 5.97 Å². The third kappa shape index (κ3) is 7.17. The highest BCUT2D eigenvalue weighted by Gasteiger charge is 2.22. The third-order valence-electron chi connectivity index (χ3n) is 5.11. The molecule has 0 unspecified atom stereocenters. The number of sulfonamides is 1. The zero-order valence-electron chi connectivity index (χ0n) is 19.4. The minimum Gasteiger partial charge on any atom is -0.482 e. The predicted molar refractivity (Wildman–Crippen MR) is 127 cm³/mol. The lowest BCUT2D eigenvalue weighted by Gasteiger charge is -2.26. The number of carbonyl (C=O) groups excluding carboxylic acids is 3. The molecule has 1 heterocycles. The van der Waals surface area contributed by atoms with Crippen LogP contribution in [0.4, 0.5) is 11.4 Å². The molecule has 0 atom stereocenters. The number of amides is 2. The molecule has 0 spiro atoms. The molecule has 11 nitrogen and oxygen atoms in total. The molecule has 2 aromatic carbocycles. The van der Waals surface area contributed by atoms with Gasteiger partial charge in [-0.15, -0.1) is 0 Å². The fourth-order valence-corrected chi connectivity index (χ4v) is 4.39. The molecule has 0 aliphatic carbocycles. The van der Waals surface area contributed by atoms with Crippen LogP contribution in [0.25, 0.3) is 0 Å². The zero-order valence-corrected chi connectivity index (χ0v) is 20.2. The molecule has 1 saturated heterocycles. The van der Waals surface area contributed by atoms with Crippen LogP contribution < -0.4 is 14.4 Å². The van der Waals surface area contributed by atoms with E-state index in [4.69, 9.17) is 14.2 Å². The first-order valence-electron chi connectivity index (χ1n) is 10.8. The minimum absolute atomic E-state index is 0.0591. The monoisotopic (exact) mass is 505 g/mol. The van der Waals surface area contributed by atoms with Gasteiger partial charge in [0.1, 0.15) is 5.75 Å². The number of carbonyl (C=O) groups is 3. The second-order valence-electron chi connectivity index (χ2n) is 7.61. The van der Waals surface area contributed by atoms with Crippen molar-refractivity contribution in [3.63, 3.8) is 0 Å². The first kappa shape index (κ1) is 26.0. The van der Waals surface area contributed by atoms with Crippen molar-refractivity contribution in [2.45, 2.75) is 11.8 Å². The van der Waals surface area contributed by atoms with Crippen LogP contribution in [0.2, 0.25) is 0 Å². The minimum atomic E-state index is -3.84. The van der Waals surface area contributed by atoms with E-state index >= 15 is 0 Å². The maximum Gasteiger partial charge on any atom is 0.344 e. The molecule has 0 saturated carbocycles. The van der Waals surface area contributed by atoms with E-state index in [0.29, 0.717) is 43.4 Å². The number of esters is 1. The summed E-state index contributed by atoms with van der Waals surface area (Å²) in [4.78, 5) is 36.7. The summed E-state index contributed by atoms with van der Waals surface area (Å²) in [6.07, 6.45) is 0. The van der Waals surface area contributed by atoms with Gasteiger partial charge in [-0.1, -0.05) is 0 Å². The smallest absolute Gasteiger partial charge is 0.344 e. The van der Waals surface area contributed by atoms with Crippen LogP contribution >= 0.6 is 0 Å². The highest BCUT2D eigenvalue weighted by Crippen LogP contribution is 2.25. The Morgan fingerprint density at radius 1 is 1.00 bits per heavy atom. The number of hydrogen-bond donors (Lipinski definition) is 1. The van der Waals surface area contributed by atoms with Crippen molar-refractivity contribution in [3.05, 3.63) is 48.5 Å². The van der Waals surface area contributed by atoms with Gasteiger partial charge in [-0.3, -0.25) is 13.9 Å². The van der Waals surface area contributed by atoms with E-state index in [2.05, 4.69) is 5.32 Å². The molecule has 0 radical (unpaired) electrons. The second-order valence-corrected chi connectivity index (χ2v) is 9.58. The highest BCUT2D eigenvalue weighted by atomic mass is 32.2. The van der Waals surface area contributed by atoms with Crippen LogP contribution in [0.5, 0.6) is 5.75 Å². The molecule has 1 aliphatic rings. The van der Waals surface area contributed by atoms with Crippen LogP contribution in [0.3, 0.4) is 0 Å². The van der Waals surface area contributed by atoms with Crippen LogP contribution in [0.15, 0.2) is 53.4 Å². The second kappa shape index (κ2) is 11.7. The summed E-state index contributed by atoms with van der Waals surface area (Å²) in [6.45, 7) is 2.44. The number of anilines is 2. The third-order valence-corrected chi connectivity index (χ3v) is 6.91. The molecule has 1 fully saturated rings. The Labute approximate surface area is 203 Å². The molecule has 35 heavy (non-hydrogen) atoms. The quantitative estimate of drug-likeness (QED) is 0.504. The summed E-state index contributed by atoms with van der Waals surface area (Å²) in [7, 11) is -2.43. The van der Waals surface area contributed by atoms with E-state index in [9.17, 15) is 22.8 Å². The maximum absolute atomic E-state index is 12.9. The molecule has 1 aliphatic heterocycles. The van der Waals surface area contributed by atoms with E-state index in [1.807, 2.05) is 0 Å². The lowest BCUT2D eigenvalue weighted by Crippen LogP contribution is -2.42. The number of hydrogen-bond acceptors (Lipinski definition) is 8. The SMILES string of the molecule is CC(=O)Nc1ccc(S(=O)(=O)N(C)c2ccc(OCC(=O)OCC(=O)N3CCOCC3)cc2)cc1. The average Bonchev–Trinajstić information content (AvgIpc) is 2.86. The fraction of sp³-hybridized carbons (Fsp3) is 0.348. The van der Waals surface area contributed by atoms with E-state index < -0.39 is 22.6 Å². The van der Waals surface area contributed by atoms with Gasteiger partial charge in [0.15, 0.2) is 13.2 Å². The number of rotatable bonds is 9. The molecule has 2 amide bonds. The van der Waals surface area contributed by atoms with Crippen molar-refractivity contribution in [2.75, 3.05) is 56.2 Å². The van der Waals surface area contributed by atoms with E-state index in [1.54, 1.807) is 4.90 Å². The Balaban J connectivity index is 1.51. The van der Waals surface area contributed by atoms with Crippen LogP contribution in [0.1, 0.15) is 6.92 Å². The van der Waals surface area contributed by atoms with Crippen LogP contribution in [0, 0.1) is 0 Å². The number of ether oxygens (including phenoxy) is 3. The van der Waals surface area contributed by atoms with Crippen molar-refractivity contribution < 1.29 is 37.0 Å². The zero-order chi connectivity index (χ0) is 25.4. The summed E-state index contributed by atoms with van der Waals surface area (Å²) < 4.78 is 42.4. The Hall–Kier alpha value is -3.64. The summed E-state index contributed by atoms with van der Waals surface area (Å²) in [5.74, 6) is -0.913. The van der Waals surface area contributed by atoms with E-state index in [-0.39, 0.29) is 23.3 Å². The molecule has 0 bridgehead atoms. The fourth-order valence-electron chi connectivity index (χ4n) is 3.19. The Kier molecular flexibility index (Phi) is 8.66. The molecular weight excluding hydrogens is 478 g/mol. The van der Waals surface area contributed by atoms with Crippen LogP contribution in [-0.4, -0.2) is 77.7 Å². The number of nitrogens with one attached hydrogen (secondary N) is 1. The summed E-state index contributed by atoms with van der Waals surface area (Å²) in [5.41, 5.74) is 0.867. The first-order valence-corrected chi connectivity index (χ1v) is 12.2. The summed E-state index contributed by atoms with van der Waals surface area (Å²) in [5, 5.41) is 2.58. The number of nitrogens with zero attached hydrogens (tertiary/aromatic N) is 2. The van der Waals surface area contributed by atoms with Gasteiger partial charge in [-0.05, 0) is 48.5 Å². The largest absolute Gasteiger partial charge is 0.482 e. The standard InChI is InChI=1S/C23H27N3O8S/c1-17(27)24-18-3-9-21(10-4-18)35(30,31)25(2)19-5-7-20(8-6-19)33-16-23(29)34-15-22(28)26-11-13-32-14-12-26/h3-10H,11-16H2,1-2H3,(H,24,27). The van der Waals surface area contributed by atoms with Gasteiger partial charge in [-0.2, -0.15) is 0 Å². The maximum atomic E-state index is 12.9. The molecule has 1 N–H and O–H groups in total. The van der Waals surface area contributed by atoms with Crippen molar-refractivity contribution in [2.24, 2.45) is 0 Å².